The summed E-state index contributed by atoms with van der Waals surface area (Å²) in [6.07, 6.45) is 1.73. The fraction of sp³-hybridized carbons (Fsp3) is 0.194. The molecule has 2 heterocycles. The lowest BCUT2D eigenvalue weighted by Gasteiger charge is -2.09. The summed E-state index contributed by atoms with van der Waals surface area (Å²) in [4.78, 5) is 6.87. The van der Waals surface area contributed by atoms with E-state index in [1.807, 2.05) is 49.7 Å². The number of benzene rings is 3. The normalized spacial score (nSPS) is 11.4. The summed E-state index contributed by atoms with van der Waals surface area (Å²) >= 11 is 8.34. The molecule has 6 nitrogen and oxygen atoms in total. The Labute approximate surface area is 238 Å². The fourth-order valence-electron chi connectivity index (χ4n) is 4.09. The zero-order chi connectivity index (χ0) is 27.5. The molecule has 198 valence electrons. The summed E-state index contributed by atoms with van der Waals surface area (Å²) in [5.41, 5.74) is 8.86. The third-order valence-corrected chi connectivity index (χ3v) is 7.92. The highest BCUT2D eigenvalue weighted by molar-refractivity contribution is 7.99. The molecule has 0 saturated carbocycles. The number of aryl methyl sites for hydroxylation is 5. The first kappa shape index (κ1) is 26.8. The van der Waals surface area contributed by atoms with Crippen LogP contribution >= 0.6 is 23.4 Å². The van der Waals surface area contributed by atoms with Gasteiger partial charge in [0.05, 0.1) is 40.1 Å². The lowest BCUT2D eigenvalue weighted by atomic mass is 10.2. The summed E-state index contributed by atoms with van der Waals surface area (Å²) in [5.74, 6) is 0. The number of hydrogen-bond donors (Lipinski definition) is 0. The van der Waals surface area contributed by atoms with Crippen LogP contribution in [0, 0.1) is 34.6 Å². The minimum absolute atomic E-state index is 0.207. The molecule has 0 saturated heterocycles. The van der Waals surface area contributed by atoms with Crippen LogP contribution in [0.4, 0.5) is 0 Å². The highest BCUT2D eigenvalue weighted by Gasteiger charge is 2.18. The quantitative estimate of drug-likeness (QED) is 0.144. The molecular formula is C31H30ClN5OS. The van der Waals surface area contributed by atoms with Crippen LogP contribution in [0.1, 0.15) is 39.2 Å². The standard InChI is InChI=1S/C31H30ClN5OS/c1-20-6-12-25(13-7-20)36-30(32)29(24(5)34-36)19-38-33-18-28-23(4)35-37(26-14-8-21(2)9-15-26)31(28)39-27-16-10-22(3)11-17-27/h6-18H,19H2,1-5H3/b33-18+. The molecule has 5 aromatic rings. The molecule has 0 aliphatic heterocycles. The number of aromatic nitrogens is 4. The van der Waals surface area contributed by atoms with Gasteiger partial charge in [0.1, 0.15) is 16.8 Å². The smallest absolute Gasteiger partial charge is 0.147 e. The Hall–Kier alpha value is -3.81. The van der Waals surface area contributed by atoms with Gasteiger partial charge in [-0.2, -0.15) is 10.2 Å². The zero-order valence-corrected chi connectivity index (χ0v) is 24.2. The number of nitrogens with zero attached hydrogens (tertiary/aromatic N) is 5. The number of oxime groups is 1. The van der Waals surface area contributed by atoms with Gasteiger partial charge in [0, 0.05) is 4.90 Å². The van der Waals surface area contributed by atoms with E-state index in [9.17, 15) is 0 Å². The molecule has 2 aromatic heterocycles. The van der Waals surface area contributed by atoms with Crippen molar-refractivity contribution < 1.29 is 4.84 Å². The van der Waals surface area contributed by atoms with E-state index in [2.05, 4.69) is 72.6 Å². The summed E-state index contributed by atoms with van der Waals surface area (Å²) in [5, 5.41) is 15.3. The molecular weight excluding hydrogens is 526 g/mol. The van der Waals surface area contributed by atoms with Crippen molar-refractivity contribution in [2.24, 2.45) is 5.16 Å². The zero-order valence-electron chi connectivity index (χ0n) is 22.6. The summed E-state index contributed by atoms with van der Waals surface area (Å²) in [6, 6.07) is 24.9. The first-order chi connectivity index (χ1) is 18.8. The average Bonchev–Trinajstić information content (AvgIpc) is 3.38. The SMILES string of the molecule is Cc1ccc(Sc2c(/C=N/OCc3c(C)nn(-c4ccc(C)cc4)c3Cl)c(C)nn2-c2ccc(C)cc2)cc1. The van der Waals surface area contributed by atoms with Gasteiger partial charge in [0.15, 0.2) is 0 Å². The second kappa shape index (κ2) is 11.5. The third kappa shape index (κ3) is 5.95. The Bertz CT molecular complexity index is 1620. The van der Waals surface area contributed by atoms with Gasteiger partial charge in [-0.1, -0.05) is 81.6 Å². The molecule has 5 rings (SSSR count). The molecule has 0 unspecified atom stereocenters. The van der Waals surface area contributed by atoms with E-state index >= 15 is 0 Å². The van der Waals surface area contributed by atoms with Crippen LogP contribution in [0.5, 0.6) is 0 Å². The van der Waals surface area contributed by atoms with E-state index in [1.54, 1.807) is 22.7 Å². The molecule has 39 heavy (non-hydrogen) atoms. The van der Waals surface area contributed by atoms with Crippen LogP contribution < -0.4 is 0 Å². The van der Waals surface area contributed by atoms with Crippen molar-refractivity contribution in [3.63, 3.8) is 0 Å². The Kier molecular flexibility index (Phi) is 7.91. The predicted octanol–water partition coefficient (Wildman–Crippen LogP) is 7.96. The van der Waals surface area contributed by atoms with Crippen LogP contribution in [-0.4, -0.2) is 25.8 Å². The minimum Gasteiger partial charge on any atom is -0.391 e. The van der Waals surface area contributed by atoms with Crippen LogP contribution in [0.15, 0.2) is 87.9 Å². The summed E-state index contributed by atoms with van der Waals surface area (Å²) in [6.45, 7) is 10.3. The highest BCUT2D eigenvalue weighted by atomic mass is 35.5. The van der Waals surface area contributed by atoms with E-state index in [0.717, 1.165) is 43.8 Å². The lowest BCUT2D eigenvalue weighted by molar-refractivity contribution is 0.131. The molecule has 0 aliphatic rings. The van der Waals surface area contributed by atoms with Gasteiger partial charge in [0.2, 0.25) is 0 Å². The van der Waals surface area contributed by atoms with Crippen molar-refractivity contribution in [3.8, 4) is 11.4 Å². The van der Waals surface area contributed by atoms with Crippen molar-refractivity contribution in [3.05, 3.63) is 117 Å². The number of hydrogen-bond acceptors (Lipinski definition) is 5. The average molecular weight is 556 g/mol. The number of halogens is 1. The Morgan fingerprint density at radius 2 is 1.26 bits per heavy atom. The lowest BCUT2D eigenvalue weighted by Crippen LogP contribution is -1.99. The van der Waals surface area contributed by atoms with E-state index in [4.69, 9.17) is 21.5 Å². The summed E-state index contributed by atoms with van der Waals surface area (Å²) in [7, 11) is 0. The van der Waals surface area contributed by atoms with E-state index in [-0.39, 0.29) is 6.61 Å². The summed E-state index contributed by atoms with van der Waals surface area (Å²) < 4.78 is 3.69. The molecule has 0 fully saturated rings. The first-order valence-electron chi connectivity index (χ1n) is 12.7. The topological polar surface area (TPSA) is 57.2 Å². The largest absolute Gasteiger partial charge is 0.391 e. The van der Waals surface area contributed by atoms with Gasteiger partial charge in [-0.25, -0.2) is 9.36 Å². The van der Waals surface area contributed by atoms with Gasteiger partial charge in [-0.05, 0) is 71.0 Å². The Morgan fingerprint density at radius 3 is 1.85 bits per heavy atom. The minimum atomic E-state index is 0.207. The third-order valence-electron chi connectivity index (χ3n) is 6.44. The van der Waals surface area contributed by atoms with Crippen LogP contribution in [-0.2, 0) is 11.4 Å². The molecule has 0 amide bonds. The maximum absolute atomic E-state index is 6.69. The Balaban J connectivity index is 1.40. The van der Waals surface area contributed by atoms with Gasteiger partial charge in [-0.15, -0.1) is 0 Å². The van der Waals surface area contributed by atoms with Crippen LogP contribution in [0.3, 0.4) is 0 Å². The van der Waals surface area contributed by atoms with Gasteiger partial charge < -0.3 is 4.84 Å². The molecule has 0 aliphatic carbocycles. The van der Waals surface area contributed by atoms with E-state index in [1.165, 1.54) is 16.7 Å². The molecule has 0 spiro atoms. The highest BCUT2D eigenvalue weighted by Crippen LogP contribution is 2.33. The molecule has 0 N–H and O–H groups in total. The maximum Gasteiger partial charge on any atom is 0.147 e. The van der Waals surface area contributed by atoms with Crippen LogP contribution in [0.2, 0.25) is 5.15 Å². The van der Waals surface area contributed by atoms with Gasteiger partial charge in [-0.3, -0.25) is 0 Å². The monoisotopic (exact) mass is 555 g/mol. The first-order valence-corrected chi connectivity index (χ1v) is 13.9. The van der Waals surface area contributed by atoms with Gasteiger partial charge in [0.25, 0.3) is 0 Å². The Morgan fingerprint density at radius 1 is 0.744 bits per heavy atom. The molecule has 8 heteroatoms. The van der Waals surface area contributed by atoms with Crippen LogP contribution in [0.25, 0.3) is 11.4 Å². The number of rotatable bonds is 8. The predicted molar refractivity (Wildman–Crippen MR) is 159 cm³/mol. The van der Waals surface area contributed by atoms with E-state index in [0.29, 0.717) is 5.15 Å². The van der Waals surface area contributed by atoms with Crippen molar-refractivity contribution >= 4 is 29.6 Å². The van der Waals surface area contributed by atoms with Crippen molar-refractivity contribution in [1.29, 1.82) is 0 Å². The second-order valence-electron chi connectivity index (χ2n) is 9.58. The van der Waals surface area contributed by atoms with E-state index < -0.39 is 0 Å². The van der Waals surface area contributed by atoms with Crippen molar-refractivity contribution in [2.75, 3.05) is 0 Å². The fourth-order valence-corrected chi connectivity index (χ4v) is 5.45. The maximum atomic E-state index is 6.69. The molecule has 0 atom stereocenters. The van der Waals surface area contributed by atoms with Crippen molar-refractivity contribution in [2.45, 2.75) is 51.1 Å². The van der Waals surface area contributed by atoms with Crippen molar-refractivity contribution in [1.82, 2.24) is 19.6 Å². The molecule has 0 radical (unpaired) electrons. The molecule has 3 aromatic carbocycles. The van der Waals surface area contributed by atoms with Gasteiger partial charge >= 0.3 is 0 Å². The molecule has 0 bridgehead atoms. The second-order valence-corrected chi connectivity index (χ2v) is 11.0.